The molecule has 3 heterocycles. The number of fused-ring (bicyclic) bond motifs is 1. The zero-order valence-electron chi connectivity index (χ0n) is 23.5. The van der Waals surface area contributed by atoms with Crippen molar-refractivity contribution >= 4 is 24.6 Å². The maximum absolute atomic E-state index is 15.5. The van der Waals surface area contributed by atoms with Crippen molar-refractivity contribution in [2.45, 2.75) is 71.2 Å². The van der Waals surface area contributed by atoms with E-state index in [4.69, 9.17) is 18.5 Å². The number of aromatic amines is 1. The fourth-order valence-electron chi connectivity index (χ4n) is 4.57. The second-order valence-electron chi connectivity index (χ2n) is 10.5. The summed E-state index contributed by atoms with van der Waals surface area (Å²) < 4.78 is 69.5. The van der Waals surface area contributed by atoms with Crippen LogP contribution in [-0.4, -0.2) is 50.6 Å². The van der Waals surface area contributed by atoms with E-state index in [0.717, 1.165) is 22.5 Å². The summed E-state index contributed by atoms with van der Waals surface area (Å²) in [6, 6.07) is 4.33. The molecule has 5 atom stereocenters. The Morgan fingerprint density at radius 3 is 2.66 bits per heavy atom. The second kappa shape index (κ2) is 11.5. The largest absolute Gasteiger partial charge is 0.462 e. The second-order valence-corrected chi connectivity index (χ2v) is 12.2. The molecule has 41 heavy (non-hydrogen) atoms. The molecule has 2 aromatic heterocycles. The van der Waals surface area contributed by atoms with Gasteiger partial charge in [0.15, 0.2) is 23.5 Å². The van der Waals surface area contributed by atoms with Gasteiger partial charge in [-0.1, -0.05) is 0 Å². The van der Waals surface area contributed by atoms with Crippen molar-refractivity contribution in [3.63, 3.8) is 0 Å². The average molecular weight is 599 g/mol. The van der Waals surface area contributed by atoms with Crippen LogP contribution >= 0.6 is 7.75 Å². The van der Waals surface area contributed by atoms with Gasteiger partial charge in [0, 0.05) is 36.8 Å². The van der Waals surface area contributed by atoms with E-state index >= 15 is 8.78 Å². The minimum absolute atomic E-state index is 0.225. The molecule has 15 heteroatoms. The molecule has 0 amide bonds. The van der Waals surface area contributed by atoms with Gasteiger partial charge in [0.25, 0.3) is 5.56 Å². The van der Waals surface area contributed by atoms with E-state index in [1.165, 1.54) is 19.9 Å². The Kier molecular flexibility index (Phi) is 8.60. The van der Waals surface area contributed by atoms with Gasteiger partial charge in [-0.2, -0.15) is 5.09 Å². The summed E-state index contributed by atoms with van der Waals surface area (Å²) in [4.78, 5) is 38.1. The van der Waals surface area contributed by atoms with E-state index in [2.05, 4.69) is 5.09 Å². The number of aryl methyl sites for hydroxylation is 2. The lowest BCUT2D eigenvalue weighted by molar-refractivity contribution is -0.149. The summed E-state index contributed by atoms with van der Waals surface area (Å²) >= 11 is 0. The van der Waals surface area contributed by atoms with Crippen LogP contribution in [0.1, 0.15) is 46.0 Å². The van der Waals surface area contributed by atoms with Gasteiger partial charge >= 0.3 is 19.4 Å². The number of rotatable bonds is 10. The Bertz CT molecular complexity index is 1610. The number of aromatic nitrogens is 3. The zero-order valence-corrected chi connectivity index (χ0v) is 24.4. The van der Waals surface area contributed by atoms with Crippen molar-refractivity contribution in [3.05, 3.63) is 62.8 Å². The Morgan fingerprint density at radius 1 is 1.29 bits per heavy atom. The molecule has 1 fully saturated rings. The third-order valence-electron chi connectivity index (χ3n) is 6.64. The number of benzene rings is 1. The number of carbonyl (C=O) groups is 1. The van der Waals surface area contributed by atoms with Crippen LogP contribution in [0.5, 0.6) is 5.75 Å². The number of nitrogens with zero attached hydrogens (tertiary/aromatic N) is 2. The molecular formula is C26H33F2N4O8P. The monoisotopic (exact) mass is 598 g/mol. The van der Waals surface area contributed by atoms with Crippen molar-refractivity contribution in [1.82, 2.24) is 19.2 Å². The maximum atomic E-state index is 15.5. The summed E-state index contributed by atoms with van der Waals surface area (Å²) in [5.41, 5.74) is -2.25. The first-order valence-electron chi connectivity index (χ1n) is 12.9. The Hall–Kier alpha value is -3.32. The lowest BCUT2D eigenvalue weighted by atomic mass is 10.0. The lowest BCUT2D eigenvalue weighted by Gasteiger charge is -2.24. The molecule has 1 aromatic carbocycles. The molecule has 0 saturated carbocycles. The number of esters is 1. The summed E-state index contributed by atoms with van der Waals surface area (Å²) in [6.45, 7) is 7.14. The predicted octanol–water partition coefficient (Wildman–Crippen LogP) is 3.62. The molecule has 1 aliphatic heterocycles. The van der Waals surface area contributed by atoms with Crippen molar-refractivity contribution in [2.75, 3.05) is 6.61 Å². The normalized spacial score (nSPS) is 23.0. The smallest absolute Gasteiger partial charge is 0.459 e. The minimum Gasteiger partial charge on any atom is -0.462 e. The fraction of sp³-hybridized carbons (Fsp3) is 0.500. The van der Waals surface area contributed by atoms with Gasteiger partial charge in [0.2, 0.25) is 0 Å². The van der Waals surface area contributed by atoms with Gasteiger partial charge in [0.05, 0.1) is 24.3 Å². The van der Waals surface area contributed by atoms with Gasteiger partial charge in [-0.25, -0.2) is 18.1 Å². The quantitative estimate of drug-likeness (QED) is 0.264. The van der Waals surface area contributed by atoms with Crippen molar-refractivity contribution < 1.29 is 36.7 Å². The highest BCUT2D eigenvalue weighted by atomic mass is 31.2. The summed E-state index contributed by atoms with van der Waals surface area (Å²) in [7, 11) is -2.76. The van der Waals surface area contributed by atoms with Crippen molar-refractivity contribution in [1.29, 1.82) is 0 Å². The molecule has 1 aliphatic rings. The van der Waals surface area contributed by atoms with Gasteiger partial charge < -0.3 is 18.6 Å². The van der Waals surface area contributed by atoms with Crippen LogP contribution in [0.15, 0.2) is 40.1 Å². The minimum atomic E-state index is -4.52. The molecule has 1 saturated heterocycles. The molecule has 0 spiro atoms. The van der Waals surface area contributed by atoms with Gasteiger partial charge in [-0.15, -0.1) is 0 Å². The molecule has 224 valence electrons. The van der Waals surface area contributed by atoms with E-state index in [-0.39, 0.29) is 11.8 Å². The molecule has 2 N–H and O–H groups in total. The van der Waals surface area contributed by atoms with Gasteiger partial charge in [0.1, 0.15) is 6.04 Å². The van der Waals surface area contributed by atoms with Crippen LogP contribution in [0, 0.1) is 12.7 Å². The number of alkyl halides is 1. The first kappa shape index (κ1) is 30.6. The number of halogens is 2. The van der Waals surface area contributed by atoms with Crippen LogP contribution in [0.2, 0.25) is 0 Å². The van der Waals surface area contributed by atoms with E-state index in [1.807, 2.05) is 4.98 Å². The van der Waals surface area contributed by atoms with Crippen LogP contribution < -0.4 is 20.9 Å². The molecule has 4 rings (SSSR count). The number of ether oxygens (including phenoxy) is 2. The third kappa shape index (κ3) is 6.61. The topological polar surface area (TPSA) is 143 Å². The number of hydrogen-bond donors (Lipinski definition) is 2. The van der Waals surface area contributed by atoms with Crippen LogP contribution in [0.4, 0.5) is 8.78 Å². The summed E-state index contributed by atoms with van der Waals surface area (Å²) in [5, 5.41) is 2.69. The third-order valence-corrected chi connectivity index (χ3v) is 8.27. The molecule has 12 nitrogen and oxygen atoms in total. The number of carbonyl (C=O) groups excluding carboxylic acids is 1. The Balaban J connectivity index is 1.58. The van der Waals surface area contributed by atoms with Gasteiger partial charge in [-0.3, -0.25) is 23.7 Å². The molecule has 3 aromatic rings. The van der Waals surface area contributed by atoms with E-state index in [1.54, 1.807) is 44.5 Å². The average Bonchev–Trinajstić information content (AvgIpc) is 3.34. The Labute approximate surface area is 234 Å². The maximum Gasteiger partial charge on any atom is 0.459 e. The Morgan fingerprint density at radius 2 is 2.00 bits per heavy atom. The first-order chi connectivity index (χ1) is 19.1. The molecule has 0 aliphatic carbocycles. The number of H-pyrrole nitrogens is 1. The molecule has 0 unspecified atom stereocenters. The van der Waals surface area contributed by atoms with E-state index < -0.39 is 73.3 Å². The SMILES string of the molecule is Cc1cc2c(F)c(O[P@@](=O)(N[C@@H](C)C(=O)OC(C)C)OC[C@@H]3C[C@@](C)(F)[C@H](n4ccc(=O)[nH]c4=O)O3)ccc2n1C. The molecule has 0 bridgehead atoms. The van der Waals surface area contributed by atoms with Crippen LogP contribution in [-0.2, 0) is 30.4 Å². The molecular weight excluding hydrogens is 565 g/mol. The zero-order chi connectivity index (χ0) is 30.3. The van der Waals surface area contributed by atoms with Crippen molar-refractivity contribution in [2.24, 2.45) is 7.05 Å². The van der Waals surface area contributed by atoms with E-state index in [9.17, 15) is 18.9 Å². The standard InChI is InChI=1S/C26H33F2N4O8P/c1-14(2)38-23(34)16(4)30-41(36,40-20-8-7-19-18(22(20)27)11-15(3)31(19)6)37-13-17-12-26(5,28)24(39-17)32-10-9-21(33)29-25(32)35/h7-11,14,16-17,24H,12-13H2,1-6H3,(H,30,36)(H,29,33,35)/t16-,17-,24+,26+,41+/m0/s1. The predicted molar refractivity (Wildman–Crippen MR) is 145 cm³/mol. The molecule has 0 radical (unpaired) electrons. The first-order valence-corrected chi connectivity index (χ1v) is 14.5. The van der Waals surface area contributed by atoms with E-state index in [0.29, 0.717) is 5.52 Å². The van der Waals surface area contributed by atoms with Crippen LogP contribution in [0.3, 0.4) is 0 Å². The lowest BCUT2D eigenvalue weighted by Crippen LogP contribution is -2.38. The number of hydrogen-bond acceptors (Lipinski definition) is 8. The highest BCUT2D eigenvalue weighted by molar-refractivity contribution is 7.52. The fourth-order valence-corrected chi connectivity index (χ4v) is 6.09. The highest BCUT2D eigenvalue weighted by Gasteiger charge is 2.48. The van der Waals surface area contributed by atoms with Crippen molar-refractivity contribution in [3.8, 4) is 5.75 Å². The van der Waals surface area contributed by atoms with Gasteiger partial charge in [-0.05, 0) is 52.8 Å². The summed E-state index contributed by atoms with van der Waals surface area (Å²) in [5.74, 6) is -1.95. The highest BCUT2D eigenvalue weighted by Crippen LogP contribution is 2.48. The number of nitrogens with one attached hydrogen (secondary N) is 2. The summed E-state index contributed by atoms with van der Waals surface area (Å²) in [6.07, 6.45) is -2.09. The van der Waals surface area contributed by atoms with Crippen LogP contribution in [0.25, 0.3) is 10.9 Å².